The van der Waals surface area contributed by atoms with Crippen LogP contribution in [0.15, 0.2) is 22.7 Å². The molecule has 2 N–H and O–H groups in total. The molecule has 1 aromatic rings. The van der Waals surface area contributed by atoms with Gasteiger partial charge < -0.3 is 15.2 Å². The summed E-state index contributed by atoms with van der Waals surface area (Å²) in [5.41, 5.74) is -0.531. The lowest BCUT2D eigenvalue weighted by molar-refractivity contribution is -0.121. The highest BCUT2D eigenvalue weighted by Crippen LogP contribution is 2.47. The highest BCUT2D eigenvalue weighted by molar-refractivity contribution is 9.10. The van der Waals surface area contributed by atoms with Crippen LogP contribution in [0.4, 0.5) is 4.39 Å². The van der Waals surface area contributed by atoms with Gasteiger partial charge in [0.05, 0.1) is 17.7 Å². The summed E-state index contributed by atoms with van der Waals surface area (Å²) in [7, 11) is 0. The predicted molar refractivity (Wildman–Crippen MR) is 87.3 cm³/mol. The van der Waals surface area contributed by atoms with Crippen molar-refractivity contribution in [3.63, 3.8) is 0 Å². The number of ether oxygens (including phenoxy) is 1. The van der Waals surface area contributed by atoms with Crippen molar-refractivity contribution in [2.75, 3.05) is 6.61 Å². The molecule has 126 valence electrons. The van der Waals surface area contributed by atoms with E-state index >= 15 is 0 Å². The maximum absolute atomic E-state index is 14.5. The van der Waals surface area contributed by atoms with Gasteiger partial charge in [-0.2, -0.15) is 0 Å². The molecule has 0 aliphatic heterocycles. The first kappa shape index (κ1) is 16.9. The summed E-state index contributed by atoms with van der Waals surface area (Å²) in [5.74, 6) is -0.902. The minimum absolute atomic E-state index is 0.0788. The molecular weight excluding hydrogens is 365 g/mol. The number of benzene rings is 1. The van der Waals surface area contributed by atoms with E-state index < -0.39 is 5.54 Å². The second-order valence-corrected chi connectivity index (χ2v) is 7.47. The van der Waals surface area contributed by atoms with E-state index in [0.717, 1.165) is 17.3 Å². The van der Waals surface area contributed by atoms with Crippen LogP contribution in [-0.2, 0) is 15.1 Å². The lowest BCUT2D eigenvalue weighted by Gasteiger charge is -2.36. The van der Waals surface area contributed by atoms with E-state index in [-0.39, 0.29) is 36.5 Å². The zero-order valence-corrected chi connectivity index (χ0v) is 14.6. The van der Waals surface area contributed by atoms with Crippen molar-refractivity contribution in [1.82, 2.24) is 5.32 Å². The Hall–Kier alpha value is -0.980. The second kappa shape index (κ2) is 6.49. The van der Waals surface area contributed by atoms with Crippen molar-refractivity contribution >= 4 is 21.8 Å². The maximum Gasteiger partial charge on any atom is 0.217 e. The maximum atomic E-state index is 14.5. The Morgan fingerprint density at radius 1 is 1.48 bits per heavy atom. The number of hydrogen-bond acceptors (Lipinski definition) is 3. The number of aliphatic hydroxyl groups excluding tert-OH is 1. The molecule has 0 heterocycles. The van der Waals surface area contributed by atoms with Crippen LogP contribution in [0.25, 0.3) is 0 Å². The fourth-order valence-electron chi connectivity index (χ4n) is 3.64. The monoisotopic (exact) mass is 385 g/mol. The molecule has 0 spiro atoms. The van der Waals surface area contributed by atoms with Crippen LogP contribution in [0, 0.1) is 11.7 Å². The van der Waals surface area contributed by atoms with Crippen molar-refractivity contribution in [2.24, 2.45) is 5.92 Å². The van der Waals surface area contributed by atoms with Crippen LogP contribution in [0.3, 0.4) is 0 Å². The van der Waals surface area contributed by atoms with Gasteiger partial charge in [-0.1, -0.05) is 15.9 Å². The Bertz CT molecular complexity index is 608. The molecule has 3 rings (SSSR count). The van der Waals surface area contributed by atoms with Crippen LogP contribution in [0.2, 0.25) is 0 Å². The molecule has 0 unspecified atom stereocenters. The first-order valence-electron chi connectivity index (χ1n) is 7.95. The average molecular weight is 386 g/mol. The van der Waals surface area contributed by atoms with Crippen molar-refractivity contribution < 1.29 is 19.0 Å². The fraction of sp³-hybridized carbons (Fsp3) is 0.588. The van der Waals surface area contributed by atoms with Gasteiger partial charge in [0.25, 0.3) is 0 Å². The lowest BCUT2D eigenvalue weighted by atomic mass is 9.80. The standard InChI is InChI=1S/C17H21BrFNO3/c1-10(22)20-17(15-7-12(18)2-5-16(15)19)8-14(6-11(17)9-21)23-13-3-4-13/h2,5,7,11,13-14,21H,3-4,6,8-9H2,1H3,(H,20,22)/t11-,14-,17-/m0/s1. The van der Waals surface area contributed by atoms with Gasteiger partial charge in [-0.25, -0.2) is 4.39 Å². The molecule has 2 aliphatic rings. The highest BCUT2D eigenvalue weighted by atomic mass is 79.9. The molecule has 0 aromatic heterocycles. The number of amides is 1. The first-order chi connectivity index (χ1) is 10.9. The third kappa shape index (κ3) is 3.44. The molecule has 0 saturated heterocycles. The summed E-state index contributed by atoms with van der Waals surface area (Å²) in [4.78, 5) is 11.8. The number of carbonyl (C=O) groups is 1. The molecule has 2 aliphatic carbocycles. The minimum Gasteiger partial charge on any atom is -0.396 e. The largest absolute Gasteiger partial charge is 0.396 e. The molecule has 3 atom stereocenters. The van der Waals surface area contributed by atoms with Crippen LogP contribution < -0.4 is 5.32 Å². The molecule has 23 heavy (non-hydrogen) atoms. The van der Waals surface area contributed by atoms with E-state index in [4.69, 9.17) is 4.74 Å². The van der Waals surface area contributed by atoms with Crippen molar-refractivity contribution in [2.45, 2.75) is 50.4 Å². The predicted octanol–water partition coefficient (Wildman–Crippen LogP) is 2.87. The number of carbonyl (C=O) groups excluding carboxylic acids is 1. The zero-order chi connectivity index (χ0) is 16.6. The molecule has 1 amide bonds. The lowest BCUT2D eigenvalue weighted by Crippen LogP contribution is -2.49. The molecule has 4 nitrogen and oxygen atoms in total. The van der Waals surface area contributed by atoms with Crippen LogP contribution in [-0.4, -0.2) is 29.8 Å². The van der Waals surface area contributed by atoms with Crippen LogP contribution in [0.5, 0.6) is 0 Å². The highest BCUT2D eigenvalue weighted by Gasteiger charge is 2.51. The van der Waals surface area contributed by atoms with Crippen molar-refractivity contribution in [3.05, 3.63) is 34.1 Å². The summed E-state index contributed by atoms with van der Waals surface area (Å²) in [6, 6.07) is 4.70. The van der Waals surface area contributed by atoms with E-state index in [0.29, 0.717) is 18.4 Å². The van der Waals surface area contributed by atoms with E-state index in [1.165, 1.54) is 13.0 Å². The van der Waals surface area contributed by atoms with E-state index in [1.807, 2.05) is 0 Å². The number of hydrogen-bond donors (Lipinski definition) is 2. The van der Waals surface area contributed by atoms with Crippen molar-refractivity contribution in [1.29, 1.82) is 0 Å². The summed E-state index contributed by atoms with van der Waals surface area (Å²) in [6.45, 7) is 1.29. The van der Waals surface area contributed by atoms with Gasteiger partial charge in [0.15, 0.2) is 0 Å². The van der Waals surface area contributed by atoms with Gasteiger partial charge >= 0.3 is 0 Å². The summed E-state index contributed by atoms with van der Waals surface area (Å²) in [5, 5.41) is 12.8. The topological polar surface area (TPSA) is 58.6 Å². The zero-order valence-electron chi connectivity index (χ0n) is 13.0. The molecule has 6 heteroatoms. The molecule has 0 radical (unpaired) electrons. The smallest absolute Gasteiger partial charge is 0.217 e. The van der Waals surface area contributed by atoms with Gasteiger partial charge in [0.1, 0.15) is 5.82 Å². The van der Waals surface area contributed by atoms with Gasteiger partial charge in [0.2, 0.25) is 5.91 Å². The summed E-state index contributed by atoms with van der Waals surface area (Å²) >= 11 is 3.37. The van der Waals surface area contributed by atoms with E-state index in [2.05, 4.69) is 21.2 Å². The Morgan fingerprint density at radius 2 is 2.22 bits per heavy atom. The van der Waals surface area contributed by atoms with E-state index in [9.17, 15) is 14.3 Å². The quantitative estimate of drug-likeness (QED) is 0.818. The normalized spacial score (nSPS) is 30.4. The van der Waals surface area contributed by atoms with Crippen LogP contribution in [0.1, 0.15) is 38.2 Å². The van der Waals surface area contributed by atoms with Gasteiger partial charge in [-0.05, 0) is 37.5 Å². The Kier molecular flexibility index (Phi) is 4.76. The number of rotatable bonds is 5. The van der Waals surface area contributed by atoms with Gasteiger partial charge in [-0.15, -0.1) is 0 Å². The number of aliphatic hydroxyl groups is 1. The van der Waals surface area contributed by atoms with Gasteiger partial charge in [-0.3, -0.25) is 4.79 Å². The Balaban J connectivity index is 2.00. The van der Waals surface area contributed by atoms with Crippen molar-refractivity contribution in [3.8, 4) is 0 Å². The molecule has 1 aromatic carbocycles. The van der Waals surface area contributed by atoms with E-state index in [1.54, 1.807) is 12.1 Å². The molecule has 0 bridgehead atoms. The third-order valence-corrected chi connectivity index (χ3v) is 5.23. The first-order valence-corrected chi connectivity index (χ1v) is 8.74. The number of nitrogens with one attached hydrogen (secondary N) is 1. The number of halogens is 2. The summed E-state index contributed by atoms with van der Waals surface area (Å²) in [6.07, 6.45) is 3.39. The summed E-state index contributed by atoms with van der Waals surface area (Å²) < 4.78 is 21.3. The van der Waals surface area contributed by atoms with Crippen LogP contribution >= 0.6 is 15.9 Å². The SMILES string of the molecule is CC(=O)N[C@@]1(c2cc(Br)ccc2F)C[C@@H](OC2CC2)C[C@H]1CO. The fourth-order valence-corrected chi connectivity index (χ4v) is 4.00. The second-order valence-electron chi connectivity index (χ2n) is 6.55. The Labute approximate surface area is 143 Å². The van der Waals surface area contributed by atoms with Gasteiger partial charge in [0, 0.05) is 35.9 Å². The third-order valence-electron chi connectivity index (χ3n) is 4.73. The minimum atomic E-state index is -0.937. The molecule has 2 fully saturated rings. The Morgan fingerprint density at radius 3 is 2.83 bits per heavy atom. The average Bonchev–Trinajstić information content (AvgIpc) is 3.22. The molecular formula is C17H21BrFNO3. The molecule has 2 saturated carbocycles.